The van der Waals surface area contributed by atoms with E-state index < -0.39 is 11.7 Å². The molecule has 2 aromatic rings. The van der Waals surface area contributed by atoms with Gasteiger partial charge in [0.25, 0.3) is 5.91 Å². The van der Waals surface area contributed by atoms with E-state index in [-0.39, 0.29) is 17.4 Å². The monoisotopic (exact) mass is 505 g/mol. The summed E-state index contributed by atoms with van der Waals surface area (Å²) in [4.78, 5) is 12.5. The van der Waals surface area contributed by atoms with E-state index in [2.05, 4.69) is 35.1 Å². The zero-order chi connectivity index (χ0) is 24.0. The Bertz CT molecular complexity index is 1030. The van der Waals surface area contributed by atoms with E-state index in [1.54, 1.807) is 12.1 Å². The van der Waals surface area contributed by atoms with Crippen molar-refractivity contribution in [3.63, 3.8) is 0 Å². The van der Waals surface area contributed by atoms with Crippen LogP contribution in [0.15, 0.2) is 46.6 Å². The average molecular weight is 506 g/mol. The number of carbonyl (C=O) groups excluding carboxylic acids is 1. The predicted octanol–water partition coefficient (Wildman–Crippen LogP) is 5.89. The highest BCUT2D eigenvalue weighted by Gasteiger charge is 2.18. The number of hydrogen-bond donors (Lipinski definition) is 3. The van der Waals surface area contributed by atoms with Gasteiger partial charge in [0.2, 0.25) is 0 Å². The maximum absolute atomic E-state index is 12.5. The fourth-order valence-corrected chi connectivity index (χ4v) is 3.95. The lowest BCUT2D eigenvalue weighted by Crippen LogP contribution is -2.15. The Morgan fingerprint density at radius 2 is 1.59 bits per heavy atom. The minimum Gasteiger partial charge on any atom is -0.507 e. The van der Waals surface area contributed by atoms with Gasteiger partial charge in [-0.25, -0.2) is 0 Å². The van der Waals surface area contributed by atoms with Gasteiger partial charge in [0.1, 0.15) is 28.7 Å². The lowest BCUT2D eigenvalue weighted by Gasteiger charge is -2.15. The predicted molar refractivity (Wildman–Crippen MR) is 129 cm³/mol. The Hall–Kier alpha value is -3.13. The summed E-state index contributed by atoms with van der Waals surface area (Å²) >= 11 is 3.54. The van der Waals surface area contributed by atoms with Crippen molar-refractivity contribution in [2.75, 3.05) is 26.6 Å². The molecule has 0 fully saturated rings. The minimum atomic E-state index is -0.800. The number of aliphatic hydroxyl groups is 2. The molecular weight excluding hydrogens is 478 g/mol. The molecule has 3 N–H and O–H groups in total. The molecular formula is C24H28BrNO6. The third-order valence-corrected chi connectivity index (χ3v) is 5.51. The van der Waals surface area contributed by atoms with Gasteiger partial charge in [-0.3, -0.25) is 4.79 Å². The highest BCUT2D eigenvalue weighted by atomic mass is 79.9. The van der Waals surface area contributed by atoms with Crippen molar-refractivity contribution in [3.8, 4) is 17.2 Å². The van der Waals surface area contributed by atoms with Gasteiger partial charge in [0.05, 0.1) is 21.3 Å². The van der Waals surface area contributed by atoms with Gasteiger partial charge in [-0.2, -0.15) is 0 Å². The number of benzene rings is 2. The zero-order valence-corrected chi connectivity index (χ0v) is 20.5. The minimum absolute atomic E-state index is 0.0733. The van der Waals surface area contributed by atoms with Gasteiger partial charge in [-0.1, -0.05) is 29.8 Å². The second-order valence-corrected chi connectivity index (χ2v) is 8.16. The smallest absolute Gasteiger partial charge is 0.290 e. The first-order valence-electron chi connectivity index (χ1n) is 9.84. The van der Waals surface area contributed by atoms with Gasteiger partial charge < -0.3 is 29.7 Å². The molecule has 7 nitrogen and oxygen atoms in total. The standard InChI is InChI=1S/C24H28BrNO6/c1-13(2)16-12-17(14(3)9-18(16)25)19(27)7-8-20(28)24(29)26-23-21(31-5)10-15(30-4)11-22(23)32-6/h7-13,27-28H,1-6H3,(H,26,29)/b19-7+,20-8-. The molecule has 0 aliphatic carbocycles. The highest BCUT2D eigenvalue weighted by molar-refractivity contribution is 9.10. The largest absolute Gasteiger partial charge is 0.507 e. The second-order valence-electron chi connectivity index (χ2n) is 7.31. The van der Waals surface area contributed by atoms with Gasteiger partial charge >= 0.3 is 0 Å². The van der Waals surface area contributed by atoms with Crippen LogP contribution in [0.2, 0.25) is 0 Å². The summed E-state index contributed by atoms with van der Waals surface area (Å²) in [6, 6.07) is 6.96. The lowest BCUT2D eigenvalue weighted by molar-refractivity contribution is -0.115. The van der Waals surface area contributed by atoms with Crippen molar-refractivity contribution < 1.29 is 29.2 Å². The van der Waals surface area contributed by atoms with E-state index in [0.29, 0.717) is 22.8 Å². The molecule has 0 aliphatic rings. The summed E-state index contributed by atoms with van der Waals surface area (Å²) in [7, 11) is 4.37. The van der Waals surface area contributed by atoms with Gasteiger partial charge in [-0.05, 0) is 48.3 Å². The number of ether oxygens (including phenoxy) is 3. The average Bonchev–Trinajstić information content (AvgIpc) is 2.76. The highest BCUT2D eigenvalue weighted by Crippen LogP contribution is 2.39. The van der Waals surface area contributed by atoms with Crippen molar-refractivity contribution in [1.82, 2.24) is 0 Å². The van der Waals surface area contributed by atoms with Crippen LogP contribution < -0.4 is 19.5 Å². The van der Waals surface area contributed by atoms with Crippen molar-refractivity contribution in [3.05, 3.63) is 63.3 Å². The number of amides is 1. The number of halogens is 1. The third-order valence-electron chi connectivity index (χ3n) is 4.83. The first-order valence-corrected chi connectivity index (χ1v) is 10.6. The molecule has 2 aromatic carbocycles. The lowest BCUT2D eigenvalue weighted by atomic mass is 9.97. The van der Waals surface area contributed by atoms with E-state index in [1.165, 1.54) is 27.4 Å². The molecule has 1 amide bonds. The molecule has 0 aromatic heterocycles. The van der Waals surface area contributed by atoms with Crippen LogP contribution in [0, 0.1) is 6.92 Å². The SMILES string of the molecule is COc1cc(OC)c(NC(=O)/C(O)=C/C=C(/O)c2cc(C(C)C)c(Br)cc2C)c(OC)c1. The molecule has 0 radical (unpaired) electrons. The summed E-state index contributed by atoms with van der Waals surface area (Å²) in [6.45, 7) is 5.97. The van der Waals surface area contributed by atoms with Gasteiger partial charge in [0, 0.05) is 22.2 Å². The normalized spacial score (nSPS) is 12.0. The molecule has 0 saturated heterocycles. The molecule has 32 heavy (non-hydrogen) atoms. The first-order chi connectivity index (χ1) is 15.1. The fourth-order valence-electron chi connectivity index (χ4n) is 3.04. The summed E-state index contributed by atoms with van der Waals surface area (Å²) in [5, 5.41) is 23.3. The number of aliphatic hydroxyl groups excluding tert-OH is 2. The summed E-state index contributed by atoms with van der Waals surface area (Å²) in [6.07, 6.45) is 2.40. The molecule has 0 aliphatic heterocycles. The van der Waals surface area contributed by atoms with Crippen molar-refractivity contribution in [2.45, 2.75) is 26.7 Å². The summed E-state index contributed by atoms with van der Waals surface area (Å²) < 4.78 is 16.7. The molecule has 0 atom stereocenters. The molecule has 0 spiro atoms. The van der Waals surface area contributed by atoms with Crippen molar-refractivity contribution in [1.29, 1.82) is 0 Å². The van der Waals surface area contributed by atoms with Crippen LogP contribution in [-0.4, -0.2) is 37.4 Å². The van der Waals surface area contributed by atoms with Crippen LogP contribution in [0.5, 0.6) is 17.2 Å². The summed E-state index contributed by atoms with van der Waals surface area (Å²) in [5.41, 5.74) is 2.73. The number of methoxy groups -OCH3 is 3. The van der Waals surface area contributed by atoms with Crippen molar-refractivity contribution >= 4 is 33.3 Å². The number of hydrogen-bond acceptors (Lipinski definition) is 6. The fraction of sp³-hybridized carbons (Fsp3) is 0.292. The number of nitrogens with one attached hydrogen (secondary N) is 1. The van der Waals surface area contributed by atoms with Gasteiger partial charge in [0.15, 0.2) is 5.76 Å². The topological polar surface area (TPSA) is 97.3 Å². The summed E-state index contributed by atoms with van der Waals surface area (Å²) in [5.74, 6) is -0.145. The molecule has 0 unspecified atom stereocenters. The number of anilines is 1. The third kappa shape index (κ3) is 5.76. The van der Waals surface area contributed by atoms with Crippen LogP contribution >= 0.6 is 15.9 Å². The Balaban J connectivity index is 2.32. The maximum atomic E-state index is 12.5. The van der Waals surface area contributed by atoms with E-state index in [0.717, 1.165) is 21.7 Å². The zero-order valence-electron chi connectivity index (χ0n) is 18.9. The van der Waals surface area contributed by atoms with E-state index in [4.69, 9.17) is 14.2 Å². The van der Waals surface area contributed by atoms with Gasteiger partial charge in [-0.15, -0.1) is 0 Å². The van der Waals surface area contributed by atoms with E-state index in [9.17, 15) is 15.0 Å². The quantitative estimate of drug-likeness (QED) is 0.235. The van der Waals surface area contributed by atoms with Crippen LogP contribution in [-0.2, 0) is 4.79 Å². The van der Waals surface area contributed by atoms with E-state index >= 15 is 0 Å². The van der Waals surface area contributed by atoms with E-state index in [1.807, 2.05) is 19.1 Å². The molecule has 0 saturated carbocycles. The molecule has 8 heteroatoms. The first kappa shape index (κ1) is 25.1. The molecule has 172 valence electrons. The molecule has 2 rings (SSSR count). The molecule has 0 bridgehead atoms. The maximum Gasteiger partial charge on any atom is 0.290 e. The number of allylic oxidation sites excluding steroid dienone is 2. The Kier molecular flexibility index (Phi) is 8.60. The number of rotatable bonds is 8. The van der Waals surface area contributed by atoms with Crippen LogP contribution in [0.4, 0.5) is 5.69 Å². The van der Waals surface area contributed by atoms with Crippen LogP contribution in [0.1, 0.15) is 36.5 Å². The van der Waals surface area contributed by atoms with Crippen LogP contribution in [0.25, 0.3) is 5.76 Å². The van der Waals surface area contributed by atoms with Crippen molar-refractivity contribution in [2.24, 2.45) is 0 Å². The number of carbonyl (C=O) groups is 1. The Labute approximate surface area is 196 Å². The van der Waals surface area contributed by atoms with Crippen LogP contribution in [0.3, 0.4) is 0 Å². The second kappa shape index (κ2) is 10.9. The Morgan fingerprint density at radius 3 is 2.09 bits per heavy atom. The number of aryl methyl sites for hydroxylation is 1. The molecule has 0 heterocycles. The Morgan fingerprint density at radius 1 is 1.00 bits per heavy atom.